The molecule has 0 saturated carbocycles. The minimum atomic E-state index is -4.03. The molecular formula is C12H18N2O5S. The zero-order chi connectivity index (χ0) is 15.5. The number of carbonyl (C=O) groups is 1. The predicted molar refractivity (Wildman–Crippen MR) is 73.8 cm³/mol. The van der Waals surface area contributed by atoms with Gasteiger partial charge in [-0.25, -0.2) is 17.9 Å². The average Bonchev–Trinajstić information content (AvgIpc) is 2.36. The molecule has 1 aromatic carbocycles. The molecule has 0 fully saturated rings. The van der Waals surface area contributed by atoms with Gasteiger partial charge >= 0.3 is 5.97 Å². The lowest BCUT2D eigenvalue weighted by Gasteiger charge is -2.20. The van der Waals surface area contributed by atoms with Crippen molar-refractivity contribution < 1.29 is 23.4 Å². The summed E-state index contributed by atoms with van der Waals surface area (Å²) in [5.74, 6) is -1.66. The lowest BCUT2D eigenvalue weighted by Crippen LogP contribution is -2.38. The second kappa shape index (κ2) is 6.21. The number of nitrogens with two attached hydrogens (primary N) is 1. The van der Waals surface area contributed by atoms with Gasteiger partial charge in [-0.1, -0.05) is 6.92 Å². The van der Waals surface area contributed by atoms with E-state index in [9.17, 15) is 13.2 Å². The molecule has 0 aromatic heterocycles. The highest BCUT2D eigenvalue weighted by Crippen LogP contribution is 2.20. The maximum atomic E-state index is 12.2. The Kier molecular flexibility index (Phi) is 5.09. The van der Waals surface area contributed by atoms with E-state index in [-0.39, 0.29) is 28.7 Å². The maximum Gasteiger partial charge on any atom is 0.337 e. The van der Waals surface area contributed by atoms with E-state index < -0.39 is 22.0 Å². The van der Waals surface area contributed by atoms with Crippen molar-refractivity contribution in [2.24, 2.45) is 5.92 Å². The molecular weight excluding hydrogens is 284 g/mol. The highest BCUT2D eigenvalue weighted by molar-refractivity contribution is 7.89. The molecule has 0 aliphatic heterocycles. The van der Waals surface area contributed by atoms with Crippen LogP contribution in [-0.4, -0.2) is 37.2 Å². The van der Waals surface area contributed by atoms with Gasteiger partial charge < -0.3 is 15.9 Å². The quantitative estimate of drug-likeness (QED) is 0.558. The zero-order valence-corrected chi connectivity index (χ0v) is 12.0. The van der Waals surface area contributed by atoms with Gasteiger partial charge in [0.2, 0.25) is 10.0 Å². The van der Waals surface area contributed by atoms with Gasteiger partial charge in [0.15, 0.2) is 0 Å². The van der Waals surface area contributed by atoms with Gasteiger partial charge in [0, 0.05) is 18.3 Å². The van der Waals surface area contributed by atoms with E-state index in [0.29, 0.717) is 0 Å². The van der Waals surface area contributed by atoms with Gasteiger partial charge in [-0.2, -0.15) is 0 Å². The molecule has 0 saturated heterocycles. The molecule has 0 heterocycles. The summed E-state index contributed by atoms with van der Waals surface area (Å²) in [7, 11) is -4.03. The third kappa shape index (κ3) is 3.69. The molecule has 2 atom stereocenters. The summed E-state index contributed by atoms with van der Waals surface area (Å²) in [5.41, 5.74) is 5.32. The van der Waals surface area contributed by atoms with Crippen LogP contribution in [0.3, 0.4) is 0 Å². The van der Waals surface area contributed by atoms with Crippen LogP contribution < -0.4 is 10.5 Å². The fourth-order valence-corrected chi connectivity index (χ4v) is 3.11. The van der Waals surface area contributed by atoms with E-state index in [2.05, 4.69) is 4.72 Å². The Balaban J connectivity index is 3.22. The Hall–Kier alpha value is -1.64. The first kappa shape index (κ1) is 16.4. The van der Waals surface area contributed by atoms with Crippen LogP contribution in [0.5, 0.6) is 0 Å². The van der Waals surface area contributed by atoms with Gasteiger partial charge in [-0.3, -0.25) is 0 Å². The number of aromatic carboxylic acids is 1. The molecule has 8 heteroatoms. The normalized spacial score (nSPS) is 14.8. The molecule has 7 nitrogen and oxygen atoms in total. The molecule has 5 N–H and O–H groups in total. The number of rotatable bonds is 6. The second-order valence-electron chi connectivity index (χ2n) is 4.63. The standard InChI is InChI=1S/C12H18N2O5S/c1-7(6-15)8(2)14-20(18,19)11-5-9(13)3-4-10(11)12(16)17/h3-5,7-8,14-15H,6,13H2,1-2H3,(H,16,17). The Morgan fingerprint density at radius 1 is 1.40 bits per heavy atom. The Morgan fingerprint density at radius 3 is 2.50 bits per heavy atom. The van der Waals surface area contributed by atoms with Crippen molar-refractivity contribution in [1.29, 1.82) is 0 Å². The Labute approximate surface area is 117 Å². The van der Waals surface area contributed by atoms with Crippen LogP contribution in [0, 0.1) is 5.92 Å². The summed E-state index contributed by atoms with van der Waals surface area (Å²) in [6.45, 7) is 3.07. The highest BCUT2D eigenvalue weighted by Gasteiger charge is 2.25. The second-order valence-corrected chi connectivity index (χ2v) is 6.31. The van der Waals surface area contributed by atoms with Crippen molar-refractivity contribution in [2.75, 3.05) is 12.3 Å². The van der Waals surface area contributed by atoms with Crippen LogP contribution in [0.2, 0.25) is 0 Å². The SMILES string of the molecule is CC(CO)C(C)NS(=O)(=O)c1cc(N)ccc1C(=O)O. The molecule has 0 bridgehead atoms. The third-order valence-electron chi connectivity index (χ3n) is 3.01. The topological polar surface area (TPSA) is 130 Å². The van der Waals surface area contributed by atoms with Gasteiger partial charge in [0.25, 0.3) is 0 Å². The first-order chi connectivity index (χ1) is 9.19. The summed E-state index contributed by atoms with van der Waals surface area (Å²) in [6, 6.07) is 3.02. The van der Waals surface area contributed by atoms with Crippen molar-refractivity contribution in [3.63, 3.8) is 0 Å². The van der Waals surface area contributed by atoms with Crippen molar-refractivity contribution in [1.82, 2.24) is 4.72 Å². The lowest BCUT2D eigenvalue weighted by molar-refractivity contribution is 0.0692. The number of anilines is 1. The van der Waals surface area contributed by atoms with Crippen molar-refractivity contribution in [3.05, 3.63) is 23.8 Å². The van der Waals surface area contributed by atoms with Crippen LogP contribution in [0.4, 0.5) is 5.69 Å². The minimum Gasteiger partial charge on any atom is -0.478 e. The summed E-state index contributed by atoms with van der Waals surface area (Å²) < 4.78 is 26.8. The van der Waals surface area contributed by atoms with Crippen molar-refractivity contribution in [3.8, 4) is 0 Å². The van der Waals surface area contributed by atoms with E-state index in [0.717, 1.165) is 12.1 Å². The highest BCUT2D eigenvalue weighted by atomic mass is 32.2. The van der Waals surface area contributed by atoms with Crippen LogP contribution in [0.15, 0.2) is 23.1 Å². The number of carboxylic acid groups (broad SMARTS) is 1. The van der Waals surface area contributed by atoms with E-state index in [1.54, 1.807) is 13.8 Å². The van der Waals surface area contributed by atoms with Gasteiger partial charge in [-0.15, -0.1) is 0 Å². The van der Waals surface area contributed by atoms with E-state index in [1.165, 1.54) is 6.07 Å². The molecule has 1 rings (SSSR count). The number of hydrogen-bond donors (Lipinski definition) is 4. The van der Waals surface area contributed by atoms with Crippen LogP contribution in [0.25, 0.3) is 0 Å². The number of carboxylic acids is 1. The van der Waals surface area contributed by atoms with E-state index in [4.69, 9.17) is 15.9 Å². The van der Waals surface area contributed by atoms with Crippen LogP contribution >= 0.6 is 0 Å². The molecule has 1 aromatic rings. The summed E-state index contributed by atoms with van der Waals surface area (Å²) in [5, 5.41) is 18.0. The Morgan fingerprint density at radius 2 is 2.00 bits per heavy atom. The van der Waals surface area contributed by atoms with Gasteiger partial charge in [0.05, 0.1) is 10.5 Å². The molecule has 0 amide bonds. The molecule has 20 heavy (non-hydrogen) atoms. The number of sulfonamides is 1. The van der Waals surface area contributed by atoms with Crippen LogP contribution in [0.1, 0.15) is 24.2 Å². The largest absolute Gasteiger partial charge is 0.478 e. The summed E-state index contributed by atoms with van der Waals surface area (Å²) >= 11 is 0. The van der Waals surface area contributed by atoms with Gasteiger partial charge in [-0.05, 0) is 31.0 Å². The zero-order valence-electron chi connectivity index (χ0n) is 11.2. The van der Waals surface area contributed by atoms with Crippen LogP contribution in [-0.2, 0) is 10.0 Å². The first-order valence-corrected chi connectivity index (χ1v) is 7.43. The minimum absolute atomic E-state index is 0.151. The van der Waals surface area contributed by atoms with Gasteiger partial charge in [0.1, 0.15) is 0 Å². The predicted octanol–water partition coefficient (Wildman–Crippen LogP) is 0.262. The number of aliphatic hydroxyl groups excluding tert-OH is 1. The molecule has 2 unspecified atom stereocenters. The fourth-order valence-electron chi connectivity index (χ4n) is 1.52. The summed E-state index contributed by atoms with van der Waals surface area (Å²) in [6.07, 6.45) is 0. The molecule has 0 radical (unpaired) electrons. The molecule has 0 aliphatic carbocycles. The molecule has 112 valence electrons. The molecule has 0 aliphatic rings. The maximum absolute atomic E-state index is 12.2. The summed E-state index contributed by atoms with van der Waals surface area (Å²) in [4.78, 5) is 10.7. The monoisotopic (exact) mass is 302 g/mol. The number of aliphatic hydroxyl groups is 1. The lowest BCUT2D eigenvalue weighted by atomic mass is 10.1. The van der Waals surface area contributed by atoms with E-state index >= 15 is 0 Å². The average molecular weight is 302 g/mol. The number of hydrogen-bond acceptors (Lipinski definition) is 5. The molecule has 0 spiro atoms. The third-order valence-corrected chi connectivity index (χ3v) is 4.61. The number of benzene rings is 1. The Bertz CT molecular complexity index is 600. The fraction of sp³-hybridized carbons (Fsp3) is 0.417. The number of nitrogens with one attached hydrogen (secondary N) is 1. The van der Waals surface area contributed by atoms with Crippen molar-refractivity contribution in [2.45, 2.75) is 24.8 Å². The number of nitrogen functional groups attached to an aromatic ring is 1. The first-order valence-electron chi connectivity index (χ1n) is 5.95. The smallest absolute Gasteiger partial charge is 0.337 e. The van der Waals surface area contributed by atoms with Crippen molar-refractivity contribution >= 4 is 21.7 Å². The van der Waals surface area contributed by atoms with E-state index in [1.807, 2.05) is 0 Å².